The molecule has 0 radical (unpaired) electrons. The molecule has 1 aromatic heterocycles. The van der Waals surface area contributed by atoms with E-state index in [1.54, 1.807) is 16.8 Å². The molecule has 5 nitrogen and oxygen atoms in total. The van der Waals surface area contributed by atoms with E-state index < -0.39 is 28.2 Å². The highest BCUT2D eigenvalue weighted by Crippen LogP contribution is 2.24. The predicted molar refractivity (Wildman–Crippen MR) is 77.6 cm³/mol. The van der Waals surface area contributed by atoms with Gasteiger partial charge in [-0.15, -0.1) is 13.2 Å². The van der Waals surface area contributed by atoms with Crippen LogP contribution in [0.5, 0.6) is 5.75 Å². The summed E-state index contributed by atoms with van der Waals surface area (Å²) in [6, 6.07) is 5.43. The van der Waals surface area contributed by atoms with Crippen molar-refractivity contribution in [2.75, 3.05) is 6.54 Å². The molecule has 2 rings (SSSR count). The van der Waals surface area contributed by atoms with Crippen LogP contribution in [0.3, 0.4) is 0 Å². The first kappa shape index (κ1) is 17.7. The lowest BCUT2D eigenvalue weighted by Gasteiger charge is -2.12. The number of aliphatic hydroxyl groups excluding tert-OH is 1. The van der Waals surface area contributed by atoms with E-state index in [4.69, 9.17) is 0 Å². The molecular weight excluding hydrogens is 355 g/mol. The summed E-state index contributed by atoms with van der Waals surface area (Å²) in [7, 11) is -3.95. The largest absolute Gasteiger partial charge is 0.573 e. The number of hydrogen-bond acceptors (Lipinski definition) is 5. The molecule has 1 aromatic carbocycles. The van der Waals surface area contributed by atoms with Crippen LogP contribution in [0.4, 0.5) is 13.2 Å². The van der Waals surface area contributed by atoms with Gasteiger partial charge >= 0.3 is 6.36 Å². The van der Waals surface area contributed by atoms with Gasteiger partial charge in [0.2, 0.25) is 10.0 Å². The second-order valence-corrected chi connectivity index (χ2v) is 6.99. The van der Waals surface area contributed by atoms with Crippen molar-refractivity contribution in [2.45, 2.75) is 17.4 Å². The fourth-order valence-electron chi connectivity index (χ4n) is 1.67. The molecule has 2 N–H and O–H groups in total. The van der Waals surface area contributed by atoms with Crippen LogP contribution >= 0.6 is 11.3 Å². The van der Waals surface area contributed by atoms with Gasteiger partial charge in [0.15, 0.2) is 0 Å². The topological polar surface area (TPSA) is 75.6 Å². The third-order valence-electron chi connectivity index (χ3n) is 2.76. The van der Waals surface area contributed by atoms with Crippen molar-refractivity contribution in [3.05, 3.63) is 46.7 Å². The lowest BCUT2D eigenvalue weighted by atomic mass is 10.2. The van der Waals surface area contributed by atoms with Gasteiger partial charge in [-0.2, -0.15) is 11.3 Å². The molecule has 1 heterocycles. The first-order valence-electron chi connectivity index (χ1n) is 6.23. The Kier molecular flexibility index (Phi) is 5.30. The summed E-state index contributed by atoms with van der Waals surface area (Å²) in [5, 5.41) is 13.3. The van der Waals surface area contributed by atoms with Crippen LogP contribution in [0.2, 0.25) is 0 Å². The number of halogens is 3. The fourth-order valence-corrected chi connectivity index (χ4v) is 3.42. The van der Waals surface area contributed by atoms with E-state index in [1.165, 1.54) is 11.3 Å². The highest BCUT2D eigenvalue weighted by Gasteiger charge is 2.31. The summed E-state index contributed by atoms with van der Waals surface area (Å²) in [5.41, 5.74) is 0.576. The summed E-state index contributed by atoms with van der Waals surface area (Å²) < 4.78 is 66.0. The third kappa shape index (κ3) is 5.20. The van der Waals surface area contributed by atoms with Crippen LogP contribution < -0.4 is 9.46 Å². The zero-order valence-corrected chi connectivity index (χ0v) is 13.1. The molecule has 0 aliphatic heterocycles. The van der Waals surface area contributed by atoms with Crippen molar-refractivity contribution in [3.8, 4) is 5.75 Å². The predicted octanol–water partition coefficient (Wildman–Crippen LogP) is 2.66. The van der Waals surface area contributed by atoms with Gasteiger partial charge < -0.3 is 9.84 Å². The van der Waals surface area contributed by atoms with Crippen LogP contribution in [0, 0.1) is 0 Å². The normalized spacial score (nSPS) is 13.7. The maximum Gasteiger partial charge on any atom is 0.573 e. The smallest absolute Gasteiger partial charge is 0.406 e. The summed E-state index contributed by atoms with van der Waals surface area (Å²) in [5.74, 6) is -0.519. The molecular formula is C13H12F3NO4S2. The zero-order chi connectivity index (χ0) is 17.1. The Labute approximate surface area is 134 Å². The molecule has 23 heavy (non-hydrogen) atoms. The molecule has 0 amide bonds. The Hall–Kier alpha value is -1.62. The Morgan fingerprint density at radius 3 is 2.39 bits per heavy atom. The molecule has 126 valence electrons. The minimum atomic E-state index is -4.84. The highest BCUT2D eigenvalue weighted by atomic mass is 32.2. The summed E-state index contributed by atoms with van der Waals surface area (Å²) in [6.07, 6.45) is -5.85. The van der Waals surface area contributed by atoms with Crippen LogP contribution in [0.25, 0.3) is 0 Å². The van der Waals surface area contributed by atoms with Gasteiger partial charge in [-0.25, -0.2) is 13.1 Å². The standard InChI is InChI=1S/C13H12F3NO4S2/c14-13(15,16)21-10-1-3-11(4-2-10)23(19,20)17-7-12(18)9-5-6-22-8-9/h1-6,8,12,17-18H,7H2/t12-/m0/s1. The lowest BCUT2D eigenvalue weighted by Crippen LogP contribution is -2.28. The van der Waals surface area contributed by atoms with E-state index in [0.29, 0.717) is 5.56 Å². The number of alkyl halides is 3. The zero-order valence-electron chi connectivity index (χ0n) is 11.4. The number of aliphatic hydroxyl groups is 1. The van der Waals surface area contributed by atoms with E-state index in [2.05, 4.69) is 9.46 Å². The molecule has 0 aliphatic carbocycles. The van der Waals surface area contributed by atoms with Crippen molar-refractivity contribution in [1.82, 2.24) is 4.72 Å². The van der Waals surface area contributed by atoms with Crippen molar-refractivity contribution < 1.29 is 31.4 Å². The quantitative estimate of drug-likeness (QED) is 0.823. The Morgan fingerprint density at radius 2 is 1.87 bits per heavy atom. The average molecular weight is 367 g/mol. The molecule has 0 unspecified atom stereocenters. The number of thiophene rings is 1. The first-order valence-corrected chi connectivity index (χ1v) is 8.65. The SMILES string of the molecule is O=S(=O)(NC[C@H](O)c1ccsc1)c1ccc(OC(F)(F)F)cc1. The Morgan fingerprint density at radius 1 is 1.22 bits per heavy atom. The maximum absolute atomic E-state index is 12.0. The molecule has 0 saturated carbocycles. The number of sulfonamides is 1. The Bertz CT molecular complexity index is 728. The molecule has 0 saturated heterocycles. The summed E-state index contributed by atoms with van der Waals surface area (Å²) in [6.45, 7) is -0.250. The van der Waals surface area contributed by atoms with Gasteiger partial charge in [0, 0.05) is 6.54 Å². The van der Waals surface area contributed by atoms with Crippen LogP contribution in [-0.2, 0) is 10.0 Å². The van der Waals surface area contributed by atoms with Gasteiger partial charge in [0.1, 0.15) is 5.75 Å². The number of benzene rings is 1. The molecule has 0 spiro atoms. The number of nitrogens with one attached hydrogen (secondary N) is 1. The van der Waals surface area contributed by atoms with Crippen LogP contribution in [0.15, 0.2) is 46.0 Å². The van der Waals surface area contributed by atoms with Crippen LogP contribution in [0.1, 0.15) is 11.7 Å². The van der Waals surface area contributed by atoms with Crippen molar-refractivity contribution >= 4 is 21.4 Å². The van der Waals surface area contributed by atoms with Crippen LogP contribution in [-0.4, -0.2) is 26.4 Å². The molecule has 0 aliphatic rings. The number of hydrogen-bond donors (Lipinski definition) is 2. The molecule has 0 bridgehead atoms. The molecule has 2 aromatic rings. The summed E-state index contributed by atoms with van der Waals surface area (Å²) in [4.78, 5) is -0.232. The monoisotopic (exact) mass is 367 g/mol. The van der Waals surface area contributed by atoms with Gasteiger partial charge in [0.05, 0.1) is 11.0 Å². The molecule has 1 atom stereocenters. The van der Waals surface area contributed by atoms with Crippen molar-refractivity contribution in [2.24, 2.45) is 0 Å². The van der Waals surface area contributed by atoms with Crippen molar-refractivity contribution in [1.29, 1.82) is 0 Å². The maximum atomic E-state index is 12.0. The average Bonchev–Trinajstić information content (AvgIpc) is 2.98. The van der Waals surface area contributed by atoms with Gasteiger partial charge in [-0.3, -0.25) is 0 Å². The minimum absolute atomic E-state index is 0.232. The van der Waals surface area contributed by atoms with E-state index in [9.17, 15) is 26.7 Å². The molecule has 0 fully saturated rings. The van der Waals surface area contributed by atoms with Gasteiger partial charge in [-0.05, 0) is 46.7 Å². The van der Waals surface area contributed by atoms with Gasteiger partial charge in [-0.1, -0.05) is 0 Å². The number of rotatable bonds is 6. The van der Waals surface area contributed by atoms with Crippen molar-refractivity contribution in [3.63, 3.8) is 0 Å². The van der Waals surface area contributed by atoms with E-state index >= 15 is 0 Å². The highest BCUT2D eigenvalue weighted by molar-refractivity contribution is 7.89. The van der Waals surface area contributed by atoms with E-state index in [1.807, 2.05) is 0 Å². The molecule has 10 heteroatoms. The van der Waals surface area contributed by atoms with E-state index in [-0.39, 0.29) is 11.4 Å². The Balaban J connectivity index is 2.02. The second-order valence-electron chi connectivity index (χ2n) is 4.44. The number of ether oxygens (including phenoxy) is 1. The summed E-state index contributed by atoms with van der Waals surface area (Å²) >= 11 is 1.36. The van der Waals surface area contributed by atoms with Gasteiger partial charge in [0.25, 0.3) is 0 Å². The minimum Gasteiger partial charge on any atom is -0.406 e. The second kappa shape index (κ2) is 6.87. The fraction of sp³-hybridized carbons (Fsp3) is 0.231. The van der Waals surface area contributed by atoms with E-state index in [0.717, 1.165) is 24.3 Å². The third-order valence-corrected chi connectivity index (χ3v) is 4.90. The first-order chi connectivity index (χ1) is 10.7. The lowest BCUT2D eigenvalue weighted by molar-refractivity contribution is -0.274.